The summed E-state index contributed by atoms with van der Waals surface area (Å²) < 4.78 is 2.10. The lowest BCUT2D eigenvalue weighted by molar-refractivity contribution is -0.132. The largest absolute Gasteiger partial charge is 0.338 e. The predicted molar refractivity (Wildman–Crippen MR) is 124 cm³/mol. The van der Waals surface area contributed by atoms with Crippen LogP contribution < -0.4 is 4.90 Å². The van der Waals surface area contributed by atoms with Crippen molar-refractivity contribution in [3.63, 3.8) is 0 Å². The molecule has 1 atom stereocenters. The number of hydrogen-bond donors (Lipinski definition) is 0. The van der Waals surface area contributed by atoms with Crippen LogP contribution in [0.5, 0.6) is 0 Å². The topological polar surface area (TPSA) is 66.6 Å². The smallest absolute Gasteiger partial charge is 0.228 e. The Balaban J connectivity index is 1.48. The summed E-state index contributed by atoms with van der Waals surface area (Å²) in [6, 6.07) is 12.2. The first-order chi connectivity index (χ1) is 15.0. The molecule has 1 aliphatic heterocycles. The molecule has 0 bridgehead atoms. The van der Waals surface area contributed by atoms with Crippen LogP contribution in [0.1, 0.15) is 37.4 Å². The highest BCUT2D eigenvalue weighted by Gasteiger charge is 2.30. The highest BCUT2D eigenvalue weighted by molar-refractivity contribution is 7.10. The van der Waals surface area contributed by atoms with Gasteiger partial charge in [0.2, 0.25) is 11.9 Å². The molecule has 0 spiro atoms. The molecular formula is C23H26N6OS. The minimum absolute atomic E-state index is 0.100. The van der Waals surface area contributed by atoms with Gasteiger partial charge in [0.05, 0.1) is 11.9 Å². The molecule has 0 radical (unpaired) electrons. The molecule has 3 aromatic heterocycles. The van der Waals surface area contributed by atoms with E-state index in [2.05, 4.69) is 40.3 Å². The van der Waals surface area contributed by atoms with Crippen LogP contribution in [0, 0.1) is 0 Å². The van der Waals surface area contributed by atoms with Crippen molar-refractivity contribution >= 4 is 39.7 Å². The van der Waals surface area contributed by atoms with Crippen LogP contribution in [0.4, 0.5) is 5.95 Å². The molecule has 1 amide bonds. The maximum Gasteiger partial charge on any atom is 0.228 e. The maximum absolute atomic E-state index is 12.9. The van der Waals surface area contributed by atoms with Crippen molar-refractivity contribution < 1.29 is 4.79 Å². The number of nitrogens with zero attached hydrogens (tertiary/aromatic N) is 6. The number of para-hydroxylation sites is 1. The maximum atomic E-state index is 12.9. The van der Waals surface area contributed by atoms with Gasteiger partial charge in [-0.15, -0.1) is 21.5 Å². The van der Waals surface area contributed by atoms with E-state index in [0.29, 0.717) is 13.0 Å². The Morgan fingerprint density at radius 2 is 2.00 bits per heavy atom. The van der Waals surface area contributed by atoms with Gasteiger partial charge in [0.25, 0.3) is 0 Å². The van der Waals surface area contributed by atoms with E-state index in [1.54, 1.807) is 11.3 Å². The quantitative estimate of drug-likeness (QED) is 0.489. The number of carbonyl (C=O) groups is 1. The Morgan fingerprint density at radius 3 is 2.74 bits per heavy atom. The predicted octanol–water partition coefficient (Wildman–Crippen LogP) is 3.74. The lowest BCUT2D eigenvalue weighted by Crippen LogP contribution is -2.55. The fourth-order valence-corrected chi connectivity index (χ4v) is 5.04. The zero-order valence-corrected chi connectivity index (χ0v) is 18.8. The second kappa shape index (κ2) is 7.92. The number of amides is 1. The summed E-state index contributed by atoms with van der Waals surface area (Å²) in [5, 5.41) is 12.0. The van der Waals surface area contributed by atoms with Gasteiger partial charge in [0.15, 0.2) is 5.65 Å². The number of benzene rings is 1. The number of hydrogen-bond acceptors (Lipinski definition) is 6. The Hall–Kier alpha value is -3.00. The van der Waals surface area contributed by atoms with Crippen LogP contribution in [0.3, 0.4) is 0 Å². The summed E-state index contributed by atoms with van der Waals surface area (Å²) in [6.45, 7) is 8.51. The summed E-state index contributed by atoms with van der Waals surface area (Å²) in [7, 11) is 0. The monoisotopic (exact) mass is 434 g/mol. The van der Waals surface area contributed by atoms with Crippen molar-refractivity contribution in [1.82, 2.24) is 24.5 Å². The molecule has 1 aliphatic rings. The van der Waals surface area contributed by atoms with E-state index in [1.807, 2.05) is 46.7 Å². The zero-order valence-electron chi connectivity index (χ0n) is 18.0. The molecule has 1 fully saturated rings. The van der Waals surface area contributed by atoms with Crippen LogP contribution in [-0.2, 0) is 11.2 Å². The van der Waals surface area contributed by atoms with Crippen LogP contribution in [0.2, 0.25) is 0 Å². The molecule has 0 saturated carbocycles. The van der Waals surface area contributed by atoms with Crippen molar-refractivity contribution in [2.75, 3.05) is 24.5 Å². The van der Waals surface area contributed by atoms with Gasteiger partial charge in [-0.1, -0.05) is 32.0 Å². The number of piperazine rings is 1. The highest BCUT2D eigenvalue weighted by Crippen LogP contribution is 2.28. The van der Waals surface area contributed by atoms with Crippen molar-refractivity contribution in [3.05, 3.63) is 52.5 Å². The normalized spacial score (nSPS) is 17.2. The van der Waals surface area contributed by atoms with Gasteiger partial charge in [-0.25, -0.2) is 9.38 Å². The van der Waals surface area contributed by atoms with E-state index in [-0.39, 0.29) is 17.9 Å². The minimum Gasteiger partial charge on any atom is -0.338 e. The Bertz CT molecular complexity index is 1230. The van der Waals surface area contributed by atoms with Gasteiger partial charge in [0, 0.05) is 41.9 Å². The van der Waals surface area contributed by atoms with Crippen molar-refractivity contribution in [2.45, 2.75) is 39.2 Å². The molecule has 1 unspecified atom stereocenters. The number of thiophene rings is 1. The second-order valence-electron chi connectivity index (χ2n) is 8.44. The summed E-state index contributed by atoms with van der Waals surface area (Å²) in [5.41, 5.74) is 1.75. The van der Waals surface area contributed by atoms with E-state index in [9.17, 15) is 4.79 Å². The van der Waals surface area contributed by atoms with Crippen LogP contribution in [0.15, 0.2) is 41.8 Å². The van der Waals surface area contributed by atoms with E-state index < -0.39 is 0 Å². The number of aromatic nitrogens is 4. The van der Waals surface area contributed by atoms with Crippen LogP contribution in [-0.4, -0.2) is 56.1 Å². The Labute approximate surface area is 185 Å². The van der Waals surface area contributed by atoms with E-state index in [4.69, 9.17) is 4.98 Å². The lowest BCUT2D eigenvalue weighted by Gasteiger charge is -2.40. The van der Waals surface area contributed by atoms with Gasteiger partial charge in [0.1, 0.15) is 5.82 Å². The van der Waals surface area contributed by atoms with Gasteiger partial charge in [-0.3, -0.25) is 4.79 Å². The zero-order chi connectivity index (χ0) is 21.5. The third-order valence-electron chi connectivity index (χ3n) is 5.91. The van der Waals surface area contributed by atoms with Crippen molar-refractivity contribution in [3.8, 4) is 0 Å². The second-order valence-corrected chi connectivity index (χ2v) is 9.47. The fraction of sp³-hybridized carbons (Fsp3) is 0.391. The minimum atomic E-state index is 0.100. The molecule has 1 aromatic carbocycles. The fourth-order valence-electron chi connectivity index (χ4n) is 4.35. The third-order valence-corrected chi connectivity index (χ3v) is 6.78. The molecular weight excluding hydrogens is 408 g/mol. The molecule has 5 rings (SSSR count). The standard InChI is InChI=1S/C23H26N6OS/c1-15(2)21-25-26-22-18-8-4-5-9-19(18)24-23(29(21)22)27-10-11-28(16(3)14-27)20(30)13-17-7-6-12-31-17/h4-9,12,15-16H,10-11,13-14H2,1-3H3. The van der Waals surface area contributed by atoms with Gasteiger partial charge >= 0.3 is 0 Å². The van der Waals surface area contributed by atoms with Gasteiger partial charge < -0.3 is 9.80 Å². The number of rotatable bonds is 4. The van der Waals surface area contributed by atoms with Crippen molar-refractivity contribution in [2.24, 2.45) is 0 Å². The first kappa shape index (κ1) is 19.9. The molecule has 4 aromatic rings. The Morgan fingerprint density at radius 1 is 1.16 bits per heavy atom. The molecule has 1 saturated heterocycles. The molecule has 160 valence electrons. The SMILES string of the molecule is CC(C)c1nnc2c3ccccc3nc(N3CCN(C(=O)Cc4cccs4)C(C)C3)n12. The molecule has 0 N–H and O–H groups in total. The number of fused-ring (bicyclic) bond motifs is 3. The third kappa shape index (κ3) is 3.54. The van der Waals surface area contributed by atoms with Gasteiger partial charge in [-0.2, -0.15) is 0 Å². The molecule has 8 heteroatoms. The van der Waals surface area contributed by atoms with Crippen molar-refractivity contribution in [1.29, 1.82) is 0 Å². The number of anilines is 1. The Kier molecular flexibility index (Phi) is 5.09. The molecule has 31 heavy (non-hydrogen) atoms. The average molecular weight is 435 g/mol. The molecule has 0 aliphatic carbocycles. The summed E-state index contributed by atoms with van der Waals surface area (Å²) in [4.78, 5) is 23.3. The summed E-state index contributed by atoms with van der Waals surface area (Å²) >= 11 is 1.64. The van der Waals surface area contributed by atoms with E-state index in [1.165, 1.54) is 0 Å². The molecule has 4 heterocycles. The van der Waals surface area contributed by atoms with E-state index in [0.717, 1.165) is 46.3 Å². The first-order valence-corrected chi connectivity index (χ1v) is 11.6. The highest BCUT2D eigenvalue weighted by atomic mass is 32.1. The van der Waals surface area contributed by atoms with E-state index >= 15 is 0 Å². The summed E-state index contributed by atoms with van der Waals surface area (Å²) in [6.07, 6.45) is 0.476. The first-order valence-electron chi connectivity index (χ1n) is 10.7. The van der Waals surface area contributed by atoms with Crippen LogP contribution >= 0.6 is 11.3 Å². The van der Waals surface area contributed by atoms with Gasteiger partial charge in [-0.05, 0) is 30.5 Å². The lowest BCUT2D eigenvalue weighted by atomic mass is 10.1. The average Bonchev–Trinajstić information content (AvgIpc) is 3.43. The number of carbonyl (C=O) groups excluding carboxylic acids is 1. The molecule has 7 nitrogen and oxygen atoms in total. The summed E-state index contributed by atoms with van der Waals surface area (Å²) in [5.74, 6) is 2.19. The van der Waals surface area contributed by atoms with Crippen LogP contribution in [0.25, 0.3) is 16.6 Å².